The average Bonchev–Trinajstić information content (AvgIpc) is 2.68. The Hall–Kier alpha value is -1.92. The minimum absolute atomic E-state index is 0.00843. The molecule has 1 N–H and O–H groups in total. The van der Waals surface area contributed by atoms with Crippen LogP contribution in [0.4, 0.5) is 0 Å². The van der Waals surface area contributed by atoms with Crippen molar-refractivity contribution in [1.82, 2.24) is 20.4 Å². The molecule has 0 unspecified atom stereocenters. The summed E-state index contributed by atoms with van der Waals surface area (Å²) in [5.74, 6) is 1.18. The smallest absolute Gasteiger partial charge is 0.251 e. The number of carbonyl (C=O) groups is 1. The summed E-state index contributed by atoms with van der Waals surface area (Å²) in [5, 5.41) is 11.4. The van der Waals surface area contributed by atoms with Gasteiger partial charge in [0.15, 0.2) is 0 Å². The quantitative estimate of drug-likeness (QED) is 0.847. The second-order valence-corrected chi connectivity index (χ2v) is 7.71. The summed E-state index contributed by atoms with van der Waals surface area (Å²) in [7, 11) is 0. The molecule has 2 heterocycles. The molecule has 0 radical (unpaired) electrons. The first kappa shape index (κ1) is 18.9. The fourth-order valence-electron chi connectivity index (χ4n) is 3.14. The molecule has 1 aliphatic heterocycles. The summed E-state index contributed by atoms with van der Waals surface area (Å²) in [4.78, 5) is 15.0. The van der Waals surface area contributed by atoms with Crippen LogP contribution in [0.1, 0.15) is 28.9 Å². The van der Waals surface area contributed by atoms with Crippen molar-refractivity contribution in [2.45, 2.75) is 25.8 Å². The number of rotatable bonds is 6. The molecule has 6 heteroatoms. The van der Waals surface area contributed by atoms with E-state index >= 15 is 0 Å². The molecule has 0 bridgehead atoms. The van der Waals surface area contributed by atoms with Crippen LogP contribution in [-0.2, 0) is 0 Å². The van der Waals surface area contributed by atoms with E-state index in [9.17, 15) is 4.79 Å². The molecule has 5 nitrogen and oxygen atoms in total. The van der Waals surface area contributed by atoms with Gasteiger partial charge in [-0.3, -0.25) is 4.79 Å². The van der Waals surface area contributed by atoms with Crippen LogP contribution in [0.25, 0.3) is 11.3 Å². The van der Waals surface area contributed by atoms with Crippen molar-refractivity contribution < 1.29 is 4.79 Å². The number of aryl methyl sites for hydroxylation is 1. The van der Waals surface area contributed by atoms with Gasteiger partial charge in [-0.25, -0.2) is 0 Å². The summed E-state index contributed by atoms with van der Waals surface area (Å²) < 4.78 is 0. The average molecular weight is 371 g/mol. The summed E-state index contributed by atoms with van der Waals surface area (Å²) >= 11 is 1.88. The molecular formula is C20H26N4OS. The van der Waals surface area contributed by atoms with Crippen LogP contribution < -0.4 is 5.32 Å². The highest BCUT2D eigenvalue weighted by molar-refractivity contribution is 7.98. The molecule has 0 atom stereocenters. The Labute approximate surface area is 159 Å². The molecule has 1 fully saturated rings. The Bertz CT molecular complexity index is 710. The van der Waals surface area contributed by atoms with Crippen LogP contribution in [0.2, 0.25) is 0 Å². The number of thioether (sulfide) groups is 1. The molecule has 1 aliphatic rings. The summed E-state index contributed by atoms with van der Waals surface area (Å²) in [6.07, 6.45) is 4.19. The van der Waals surface area contributed by atoms with Gasteiger partial charge < -0.3 is 10.2 Å². The highest BCUT2D eigenvalue weighted by atomic mass is 32.2. The Morgan fingerprint density at radius 3 is 2.50 bits per heavy atom. The Morgan fingerprint density at radius 2 is 1.88 bits per heavy atom. The van der Waals surface area contributed by atoms with Crippen molar-refractivity contribution in [2.75, 3.05) is 31.6 Å². The zero-order valence-corrected chi connectivity index (χ0v) is 16.3. The van der Waals surface area contributed by atoms with E-state index in [-0.39, 0.29) is 11.9 Å². The monoisotopic (exact) mass is 370 g/mol. The number of aromatic nitrogens is 2. The first-order valence-corrected chi connectivity index (χ1v) is 10.5. The van der Waals surface area contributed by atoms with Gasteiger partial charge in [-0.1, -0.05) is 12.1 Å². The molecular weight excluding hydrogens is 344 g/mol. The first-order chi connectivity index (χ1) is 12.7. The van der Waals surface area contributed by atoms with Gasteiger partial charge in [-0.05, 0) is 50.3 Å². The lowest BCUT2D eigenvalue weighted by Crippen LogP contribution is -2.45. The van der Waals surface area contributed by atoms with E-state index in [4.69, 9.17) is 0 Å². The molecule has 1 amide bonds. The van der Waals surface area contributed by atoms with Crippen LogP contribution >= 0.6 is 11.8 Å². The maximum absolute atomic E-state index is 12.5. The van der Waals surface area contributed by atoms with Crippen molar-refractivity contribution in [2.24, 2.45) is 0 Å². The van der Waals surface area contributed by atoms with Crippen molar-refractivity contribution in [1.29, 1.82) is 0 Å². The van der Waals surface area contributed by atoms with E-state index in [2.05, 4.69) is 26.7 Å². The van der Waals surface area contributed by atoms with Gasteiger partial charge in [0.2, 0.25) is 0 Å². The predicted molar refractivity (Wildman–Crippen MR) is 108 cm³/mol. The number of piperidine rings is 1. The van der Waals surface area contributed by atoms with Gasteiger partial charge in [0.25, 0.3) is 5.91 Å². The molecule has 1 aromatic carbocycles. The minimum atomic E-state index is 0.00843. The second kappa shape index (κ2) is 9.14. The third kappa shape index (κ3) is 5.05. The highest BCUT2D eigenvalue weighted by Crippen LogP contribution is 2.17. The lowest BCUT2D eigenvalue weighted by atomic mass is 10.0. The summed E-state index contributed by atoms with van der Waals surface area (Å²) in [6, 6.07) is 11.7. The normalized spacial score (nSPS) is 15.8. The number of nitrogens with zero attached hydrogens (tertiary/aromatic N) is 3. The van der Waals surface area contributed by atoms with Crippen molar-refractivity contribution in [3.63, 3.8) is 0 Å². The van der Waals surface area contributed by atoms with E-state index in [1.807, 2.05) is 55.1 Å². The number of nitrogens with one attached hydrogen (secondary N) is 1. The van der Waals surface area contributed by atoms with Gasteiger partial charge in [0, 0.05) is 42.6 Å². The van der Waals surface area contributed by atoms with Gasteiger partial charge in [-0.15, -0.1) is 0 Å². The Morgan fingerprint density at radius 1 is 1.15 bits per heavy atom. The molecule has 0 aliphatic carbocycles. The van der Waals surface area contributed by atoms with E-state index in [0.29, 0.717) is 5.56 Å². The predicted octanol–water partition coefficient (Wildman–Crippen LogP) is 3.01. The van der Waals surface area contributed by atoms with E-state index < -0.39 is 0 Å². The molecule has 1 aromatic heterocycles. The lowest BCUT2D eigenvalue weighted by Gasteiger charge is -2.32. The van der Waals surface area contributed by atoms with Crippen LogP contribution in [0.5, 0.6) is 0 Å². The fraction of sp³-hybridized carbons (Fsp3) is 0.450. The SMILES string of the molecule is CSCCN1CCC(NC(=O)c2ccc(-c3ccc(C)nn3)cc2)CC1. The van der Waals surface area contributed by atoms with E-state index in [0.717, 1.165) is 49.4 Å². The van der Waals surface area contributed by atoms with Crippen LogP contribution in [0.3, 0.4) is 0 Å². The Kier molecular flexibility index (Phi) is 6.63. The number of hydrogen-bond acceptors (Lipinski definition) is 5. The van der Waals surface area contributed by atoms with Gasteiger partial charge in [0.1, 0.15) is 0 Å². The second-order valence-electron chi connectivity index (χ2n) is 6.72. The highest BCUT2D eigenvalue weighted by Gasteiger charge is 2.20. The first-order valence-electron chi connectivity index (χ1n) is 9.08. The third-order valence-electron chi connectivity index (χ3n) is 4.78. The molecule has 1 saturated heterocycles. The van der Waals surface area contributed by atoms with Gasteiger partial charge in [0.05, 0.1) is 11.4 Å². The van der Waals surface area contributed by atoms with Crippen molar-refractivity contribution >= 4 is 17.7 Å². The Balaban J connectivity index is 1.53. The van der Waals surface area contributed by atoms with Crippen LogP contribution in [0.15, 0.2) is 36.4 Å². The topological polar surface area (TPSA) is 58.1 Å². The van der Waals surface area contributed by atoms with Crippen LogP contribution in [-0.4, -0.2) is 58.7 Å². The maximum Gasteiger partial charge on any atom is 0.251 e. The zero-order valence-electron chi connectivity index (χ0n) is 15.4. The number of likely N-dealkylation sites (tertiary alicyclic amines) is 1. The molecule has 3 rings (SSSR count). The van der Waals surface area contributed by atoms with E-state index in [1.54, 1.807) is 0 Å². The minimum Gasteiger partial charge on any atom is -0.349 e. The van der Waals surface area contributed by atoms with Gasteiger partial charge >= 0.3 is 0 Å². The van der Waals surface area contributed by atoms with Crippen LogP contribution in [0, 0.1) is 6.92 Å². The van der Waals surface area contributed by atoms with Gasteiger partial charge in [-0.2, -0.15) is 22.0 Å². The summed E-state index contributed by atoms with van der Waals surface area (Å²) in [6.45, 7) is 5.19. The number of carbonyl (C=O) groups excluding carboxylic acids is 1. The zero-order chi connectivity index (χ0) is 18.4. The maximum atomic E-state index is 12.5. The molecule has 0 saturated carbocycles. The molecule has 138 valence electrons. The number of hydrogen-bond donors (Lipinski definition) is 1. The third-order valence-corrected chi connectivity index (χ3v) is 5.37. The number of amides is 1. The number of benzene rings is 1. The fourth-order valence-corrected chi connectivity index (χ4v) is 3.58. The molecule has 26 heavy (non-hydrogen) atoms. The standard InChI is InChI=1S/C20H26N4OS/c1-15-3-8-19(23-22-15)16-4-6-17(7-5-16)20(25)21-18-9-11-24(12-10-18)13-14-26-2/h3-8,18H,9-14H2,1-2H3,(H,21,25). The van der Waals surface area contributed by atoms with Crippen molar-refractivity contribution in [3.05, 3.63) is 47.7 Å². The lowest BCUT2D eigenvalue weighted by molar-refractivity contribution is 0.0913. The molecule has 2 aromatic rings. The van der Waals surface area contributed by atoms with Crippen molar-refractivity contribution in [3.8, 4) is 11.3 Å². The van der Waals surface area contributed by atoms with E-state index in [1.165, 1.54) is 5.75 Å². The summed E-state index contributed by atoms with van der Waals surface area (Å²) in [5.41, 5.74) is 3.37. The molecule has 0 spiro atoms. The largest absolute Gasteiger partial charge is 0.349 e.